The molecule has 0 aliphatic carbocycles. The number of primary amides is 1. The van der Waals surface area contributed by atoms with Crippen molar-refractivity contribution in [2.45, 2.75) is 58.0 Å². The molecule has 0 saturated carbocycles. The Morgan fingerprint density at radius 3 is 2.21 bits per heavy atom. The number of rotatable bonds is 9. The van der Waals surface area contributed by atoms with E-state index in [2.05, 4.69) is 10.6 Å². The van der Waals surface area contributed by atoms with Crippen LogP contribution in [0.4, 0.5) is 4.79 Å². The number of aliphatic carboxylic acids is 1. The van der Waals surface area contributed by atoms with Gasteiger partial charge in [-0.3, -0.25) is 4.79 Å². The molecule has 1 unspecified atom stereocenters. The molecule has 2 atom stereocenters. The summed E-state index contributed by atoms with van der Waals surface area (Å²) in [7, 11) is 0. The van der Waals surface area contributed by atoms with Crippen LogP contribution in [0, 0.1) is 0 Å². The van der Waals surface area contributed by atoms with Gasteiger partial charge in [0.05, 0.1) is 0 Å². The zero-order chi connectivity index (χ0) is 14.8. The van der Waals surface area contributed by atoms with Crippen LogP contribution in [0.5, 0.6) is 0 Å². The first kappa shape index (κ1) is 17.2. The van der Waals surface area contributed by atoms with E-state index in [4.69, 9.17) is 10.8 Å². The number of carbonyl (C=O) groups is 3. The number of nitrogens with two attached hydrogens (primary N) is 1. The number of hydrogen-bond donors (Lipinski definition) is 4. The Morgan fingerprint density at radius 2 is 1.79 bits per heavy atom. The summed E-state index contributed by atoms with van der Waals surface area (Å²) in [5.74, 6) is -1.77. The van der Waals surface area contributed by atoms with Gasteiger partial charge in [0.25, 0.3) is 0 Å². The van der Waals surface area contributed by atoms with Gasteiger partial charge in [-0.15, -0.1) is 0 Å². The van der Waals surface area contributed by atoms with Gasteiger partial charge in [-0.1, -0.05) is 20.3 Å². The van der Waals surface area contributed by atoms with Crippen LogP contribution in [0.25, 0.3) is 0 Å². The summed E-state index contributed by atoms with van der Waals surface area (Å²) in [6.45, 7) is 3.96. The minimum atomic E-state index is -1.18. The van der Waals surface area contributed by atoms with Crippen LogP contribution in [0.2, 0.25) is 0 Å². The number of amides is 3. The Balaban J connectivity index is 4.30. The Kier molecular flexibility index (Phi) is 8.32. The first-order valence-corrected chi connectivity index (χ1v) is 6.48. The van der Waals surface area contributed by atoms with Gasteiger partial charge in [-0.05, 0) is 19.3 Å². The molecule has 0 bridgehead atoms. The highest BCUT2D eigenvalue weighted by molar-refractivity contribution is 5.83. The van der Waals surface area contributed by atoms with Gasteiger partial charge in [-0.25, -0.2) is 9.59 Å². The first-order valence-electron chi connectivity index (χ1n) is 6.48. The normalized spacial score (nSPS) is 13.4. The summed E-state index contributed by atoms with van der Waals surface area (Å²) >= 11 is 0. The average Bonchev–Trinajstić information content (AvgIpc) is 2.33. The van der Waals surface area contributed by atoms with Crippen LogP contribution in [0.1, 0.15) is 46.0 Å². The predicted molar refractivity (Wildman–Crippen MR) is 70.5 cm³/mol. The molecule has 0 aromatic rings. The Morgan fingerprint density at radius 1 is 1.16 bits per heavy atom. The molecule has 110 valence electrons. The van der Waals surface area contributed by atoms with Gasteiger partial charge >= 0.3 is 12.0 Å². The van der Waals surface area contributed by atoms with Crippen molar-refractivity contribution in [2.24, 2.45) is 5.73 Å². The van der Waals surface area contributed by atoms with Gasteiger partial charge < -0.3 is 21.5 Å². The quantitative estimate of drug-likeness (QED) is 0.491. The van der Waals surface area contributed by atoms with Crippen molar-refractivity contribution in [1.82, 2.24) is 10.6 Å². The van der Waals surface area contributed by atoms with Crippen molar-refractivity contribution in [3.05, 3.63) is 0 Å². The number of hydrogen-bond acceptors (Lipinski definition) is 3. The Bertz CT molecular complexity index is 320. The van der Waals surface area contributed by atoms with Gasteiger partial charge in [0, 0.05) is 12.5 Å². The average molecular weight is 273 g/mol. The molecule has 0 rings (SSSR count). The molecule has 7 nitrogen and oxygen atoms in total. The van der Waals surface area contributed by atoms with Crippen LogP contribution in [-0.4, -0.2) is 35.1 Å². The molecule has 0 heterocycles. The molecule has 0 aliphatic rings. The fourth-order valence-electron chi connectivity index (χ4n) is 1.66. The maximum absolute atomic E-state index is 11.6. The second kappa shape index (κ2) is 9.18. The highest BCUT2D eigenvalue weighted by atomic mass is 16.4. The number of urea groups is 1. The van der Waals surface area contributed by atoms with Crippen molar-refractivity contribution >= 4 is 17.9 Å². The number of carbonyl (C=O) groups excluding carboxylic acids is 2. The Labute approximate surface area is 112 Å². The molecule has 5 N–H and O–H groups in total. The predicted octanol–water partition coefficient (Wildman–Crippen LogP) is 0.583. The lowest BCUT2D eigenvalue weighted by molar-refractivity contribution is -0.139. The standard InChI is InChI=1S/C12H23N3O4/c1-3-5-8(4-2)14-12(19)15-9(11(17)18)6-7-10(13)16/h8-9H,3-7H2,1-2H3,(H2,13,16)(H,17,18)(H2,14,15,19)/t8?,9-/m0/s1. The molecular formula is C12H23N3O4. The van der Waals surface area contributed by atoms with Crippen LogP contribution in [0.3, 0.4) is 0 Å². The SMILES string of the molecule is CCCC(CC)NC(=O)N[C@@H](CCC(N)=O)C(=O)O. The third kappa shape index (κ3) is 8.01. The van der Waals surface area contributed by atoms with E-state index in [0.717, 1.165) is 19.3 Å². The third-order valence-corrected chi connectivity index (χ3v) is 2.75. The molecule has 3 amide bonds. The highest BCUT2D eigenvalue weighted by Gasteiger charge is 2.21. The molecule has 19 heavy (non-hydrogen) atoms. The van der Waals surface area contributed by atoms with E-state index in [9.17, 15) is 14.4 Å². The minimum absolute atomic E-state index is 0.0113. The maximum atomic E-state index is 11.6. The summed E-state index contributed by atoms with van der Waals surface area (Å²) in [5.41, 5.74) is 4.95. The van der Waals surface area contributed by atoms with Gasteiger partial charge in [0.1, 0.15) is 6.04 Å². The zero-order valence-corrected chi connectivity index (χ0v) is 11.4. The largest absolute Gasteiger partial charge is 0.480 e. The van der Waals surface area contributed by atoms with Gasteiger partial charge in [0.15, 0.2) is 0 Å². The van der Waals surface area contributed by atoms with Crippen molar-refractivity contribution in [1.29, 1.82) is 0 Å². The van der Waals surface area contributed by atoms with E-state index in [1.54, 1.807) is 0 Å². The van der Waals surface area contributed by atoms with Crippen molar-refractivity contribution < 1.29 is 19.5 Å². The summed E-state index contributed by atoms with van der Waals surface area (Å²) in [6.07, 6.45) is 2.46. The summed E-state index contributed by atoms with van der Waals surface area (Å²) < 4.78 is 0. The van der Waals surface area contributed by atoms with E-state index in [1.807, 2.05) is 13.8 Å². The van der Waals surface area contributed by atoms with Gasteiger partial charge in [0.2, 0.25) is 5.91 Å². The molecule has 0 fully saturated rings. The summed E-state index contributed by atoms with van der Waals surface area (Å²) in [5, 5.41) is 14.0. The number of carboxylic acid groups (broad SMARTS) is 1. The molecule has 7 heteroatoms. The fraction of sp³-hybridized carbons (Fsp3) is 0.750. The Hall–Kier alpha value is -1.79. The topological polar surface area (TPSA) is 122 Å². The van der Waals surface area contributed by atoms with E-state index >= 15 is 0 Å². The van der Waals surface area contributed by atoms with Crippen molar-refractivity contribution in [3.63, 3.8) is 0 Å². The summed E-state index contributed by atoms with van der Waals surface area (Å²) in [6, 6.07) is -1.61. The van der Waals surface area contributed by atoms with E-state index in [1.165, 1.54) is 0 Å². The van der Waals surface area contributed by atoms with Crippen LogP contribution in [0.15, 0.2) is 0 Å². The second-order valence-corrected chi connectivity index (χ2v) is 4.41. The van der Waals surface area contributed by atoms with E-state index < -0.39 is 23.9 Å². The highest BCUT2D eigenvalue weighted by Crippen LogP contribution is 2.02. The number of carboxylic acids is 1. The molecular weight excluding hydrogens is 250 g/mol. The number of nitrogens with one attached hydrogen (secondary N) is 2. The van der Waals surface area contributed by atoms with Crippen LogP contribution in [-0.2, 0) is 9.59 Å². The minimum Gasteiger partial charge on any atom is -0.480 e. The monoisotopic (exact) mass is 273 g/mol. The molecule has 0 radical (unpaired) electrons. The van der Waals surface area contributed by atoms with E-state index in [-0.39, 0.29) is 18.9 Å². The maximum Gasteiger partial charge on any atom is 0.326 e. The van der Waals surface area contributed by atoms with Crippen LogP contribution >= 0.6 is 0 Å². The van der Waals surface area contributed by atoms with Crippen molar-refractivity contribution in [2.75, 3.05) is 0 Å². The summed E-state index contributed by atoms with van der Waals surface area (Å²) in [4.78, 5) is 33.2. The second-order valence-electron chi connectivity index (χ2n) is 4.41. The molecule has 0 aromatic carbocycles. The lowest BCUT2D eigenvalue weighted by atomic mass is 10.1. The lowest BCUT2D eigenvalue weighted by Crippen LogP contribution is -2.49. The zero-order valence-electron chi connectivity index (χ0n) is 11.4. The fourth-order valence-corrected chi connectivity index (χ4v) is 1.66. The lowest BCUT2D eigenvalue weighted by Gasteiger charge is -2.19. The molecule has 0 aromatic heterocycles. The third-order valence-electron chi connectivity index (χ3n) is 2.75. The molecule has 0 spiro atoms. The van der Waals surface area contributed by atoms with Gasteiger partial charge in [-0.2, -0.15) is 0 Å². The van der Waals surface area contributed by atoms with E-state index in [0.29, 0.717) is 0 Å². The van der Waals surface area contributed by atoms with Crippen molar-refractivity contribution in [3.8, 4) is 0 Å². The first-order chi connectivity index (χ1) is 8.90. The van der Waals surface area contributed by atoms with Crippen LogP contribution < -0.4 is 16.4 Å². The smallest absolute Gasteiger partial charge is 0.326 e. The molecule has 0 aliphatic heterocycles. The molecule has 0 saturated heterocycles.